The molecule has 0 aliphatic heterocycles. The van der Waals surface area contributed by atoms with E-state index in [9.17, 15) is 0 Å². The molecule has 53 heavy (non-hydrogen) atoms. The SMILES string of the molecule is C=CC.CC1=C(c2ccccc2-c2c(C)c3ccccc3n2-c2cccc(-c3ccc4c5c(cccc35)-c3ccccc3-4)c2)C(C)(C)c2ccccc21. The lowest BCUT2D eigenvalue weighted by Crippen LogP contribution is -2.17. The third kappa shape index (κ3) is 4.84. The number of hydrogen-bond acceptors (Lipinski definition) is 0. The van der Waals surface area contributed by atoms with E-state index in [0.29, 0.717) is 0 Å². The van der Waals surface area contributed by atoms with Crippen molar-refractivity contribution in [2.75, 3.05) is 0 Å². The Hall–Kier alpha value is -6.18. The van der Waals surface area contributed by atoms with E-state index in [1.807, 2.05) is 6.92 Å². The molecule has 0 amide bonds. The van der Waals surface area contributed by atoms with Crippen LogP contribution in [-0.4, -0.2) is 4.57 Å². The van der Waals surface area contributed by atoms with Crippen molar-refractivity contribution in [2.45, 2.75) is 40.0 Å². The summed E-state index contributed by atoms with van der Waals surface area (Å²) in [6.45, 7) is 14.6. The molecule has 0 unspecified atom stereocenters. The second-order valence-electron chi connectivity index (χ2n) is 14.9. The van der Waals surface area contributed by atoms with Crippen molar-refractivity contribution in [3.8, 4) is 50.3 Å². The molecular weight excluding hydrogens is 639 g/mol. The molecule has 0 saturated carbocycles. The third-order valence-corrected chi connectivity index (χ3v) is 11.5. The van der Waals surface area contributed by atoms with Crippen LogP contribution in [0.1, 0.15) is 49.9 Å². The fourth-order valence-electron chi connectivity index (χ4n) is 9.40. The van der Waals surface area contributed by atoms with Gasteiger partial charge in [-0.1, -0.05) is 153 Å². The second kappa shape index (κ2) is 12.5. The van der Waals surface area contributed by atoms with E-state index in [1.54, 1.807) is 6.08 Å². The molecule has 2 aliphatic rings. The number of rotatable bonds is 4. The lowest BCUT2D eigenvalue weighted by Gasteiger charge is -2.27. The highest BCUT2D eigenvalue weighted by atomic mass is 15.0. The molecule has 0 spiro atoms. The van der Waals surface area contributed by atoms with Crippen LogP contribution in [0.15, 0.2) is 164 Å². The maximum atomic E-state index is 3.36. The van der Waals surface area contributed by atoms with Gasteiger partial charge in [0.1, 0.15) is 0 Å². The molecule has 8 aromatic rings. The van der Waals surface area contributed by atoms with Crippen LogP contribution in [0, 0.1) is 6.92 Å². The molecule has 1 heteroatoms. The van der Waals surface area contributed by atoms with Crippen molar-refractivity contribution >= 4 is 32.8 Å². The highest BCUT2D eigenvalue weighted by Crippen LogP contribution is 2.53. The Morgan fingerprint density at radius 3 is 1.81 bits per heavy atom. The predicted molar refractivity (Wildman–Crippen MR) is 229 cm³/mol. The topological polar surface area (TPSA) is 4.93 Å². The van der Waals surface area contributed by atoms with Crippen LogP contribution in [0.25, 0.3) is 83.1 Å². The summed E-state index contributed by atoms with van der Waals surface area (Å²) in [7, 11) is 0. The molecule has 7 aromatic carbocycles. The molecule has 0 bridgehead atoms. The molecular formula is C52H43N. The predicted octanol–water partition coefficient (Wildman–Crippen LogP) is 14.5. The first-order chi connectivity index (χ1) is 25.8. The first-order valence-electron chi connectivity index (χ1n) is 18.7. The van der Waals surface area contributed by atoms with Crippen LogP contribution in [-0.2, 0) is 5.41 Å². The van der Waals surface area contributed by atoms with Crippen LogP contribution in [0.4, 0.5) is 0 Å². The molecule has 10 rings (SSSR count). The molecule has 0 fully saturated rings. The van der Waals surface area contributed by atoms with Crippen molar-refractivity contribution in [3.63, 3.8) is 0 Å². The van der Waals surface area contributed by atoms with Crippen molar-refractivity contribution in [1.82, 2.24) is 4.57 Å². The highest BCUT2D eigenvalue weighted by Gasteiger charge is 2.38. The minimum atomic E-state index is -0.114. The fraction of sp³-hybridized carbons (Fsp3) is 0.115. The van der Waals surface area contributed by atoms with Crippen LogP contribution < -0.4 is 0 Å². The summed E-state index contributed by atoms with van der Waals surface area (Å²) < 4.78 is 2.51. The van der Waals surface area contributed by atoms with Gasteiger partial charge < -0.3 is 4.57 Å². The Morgan fingerprint density at radius 1 is 0.528 bits per heavy atom. The number of allylic oxidation sites excluding steroid dienone is 3. The largest absolute Gasteiger partial charge is 0.309 e. The molecule has 0 saturated heterocycles. The van der Waals surface area contributed by atoms with E-state index in [-0.39, 0.29) is 5.41 Å². The smallest absolute Gasteiger partial charge is 0.0576 e. The maximum absolute atomic E-state index is 3.36. The van der Waals surface area contributed by atoms with Crippen molar-refractivity contribution < 1.29 is 0 Å². The maximum Gasteiger partial charge on any atom is 0.0576 e. The van der Waals surface area contributed by atoms with Gasteiger partial charge in [0.05, 0.1) is 11.2 Å². The molecule has 0 N–H and O–H groups in total. The summed E-state index contributed by atoms with van der Waals surface area (Å²) in [6.07, 6.45) is 1.75. The van der Waals surface area contributed by atoms with Crippen LogP contribution in [0.2, 0.25) is 0 Å². The zero-order chi connectivity index (χ0) is 36.4. The lowest BCUT2D eigenvalue weighted by atomic mass is 9.76. The van der Waals surface area contributed by atoms with Gasteiger partial charge in [-0.3, -0.25) is 0 Å². The number of aryl methyl sites for hydroxylation is 1. The Balaban J connectivity index is 0.00000120. The average Bonchev–Trinajstić information content (AvgIpc) is 3.75. The van der Waals surface area contributed by atoms with Gasteiger partial charge in [0.2, 0.25) is 0 Å². The first-order valence-corrected chi connectivity index (χ1v) is 18.7. The summed E-state index contributed by atoms with van der Waals surface area (Å²) in [5.41, 5.74) is 20.8. The first kappa shape index (κ1) is 32.7. The number of aromatic nitrogens is 1. The van der Waals surface area contributed by atoms with Gasteiger partial charge in [0, 0.05) is 22.1 Å². The number of fused-ring (bicyclic) bond motifs is 5. The summed E-state index contributed by atoms with van der Waals surface area (Å²) in [4.78, 5) is 0. The van der Waals surface area contributed by atoms with Crippen LogP contribution >= 0.6 is 0 Å². The van der Waals surface area contributed by atoms with Gasteiger partial charge in [-0.25, -0.2) is 0 Å². The van der Waals surface area contributed by atoms with E-state index in [0.717, 1.165) is 0 Å². The Labute approximate surface area is 313 Å². The Bertz CT molecular complexity index is 2770. The third-order valence-electron chi connectivity index (χ3n) is 11.5. The summed E-state index contributed by atoms with van der Waals surface area (Å²) in [5, 5.41) is 3.95. The number of hydrogen-bond donors (Lipinski definition) is 0. The number of benzene rings is 7. The Morgan fingerprint density at radius 2 is 1.08 bits per heavy atom. The molecule has 1 aromatic heterocycles. The van der Waals surface area contributed by atoms with E-state index in [2.05, 4.69) is 191 Å². The second-order valence-corrected chi connectivity index (χ2v) is 14.9. The van der Waals surface area contributed by atoms with E-state index in [4.69, 9.17) is 0 Å². The monoisotopic (exact) mass is 681 g/mol. The molecule has 256 valence electrons. The van der Waals surface area contributed by atoms with Gasteiger partial charge in [-0.15, -0.1) is 6.58 Å². The van der Waals surface area contributed by atoms with Crippen molar-refractivity contribution in [1.29, 1.82) is 0 Å². The normalized spacial score (nSPS) is 13.5. The number of nitrogens with zero attached hydrogens (tertiary/aromatic N) is 1. The molecule has 0 atom stereocenters. The lowest BCUT2D eigenvalue weighted by molar-refractivity contribution is 0.704. The van der Waals surface area contributed by atoms with Gasteiger partial charge in [0.25, 0.3) is 0 Å². The number of para-hydroxylation sites is 1. The summed E-state index contributed by atoms with van der Waals surface area (Å²) >= 11 is 0. The quantitative estimate of drug-likeness (QED) is 0.163. The van der Waals surface area contributed by atoms with Gasteiger partial charge in [-0.2, -0.15) is 0 Å². The van der Waals surface area contributed by atoms with Gasteiger partial charge >= 0.3 is 0 Å². The van der Waals surface area contributed by atoms with Crippen LogP contribution in [0.3, 0.4) is 0 Å². The molecule has 0 radical (unpaired) electrons. The molecule has 1 nitrogen and oxygen atoms in total. The van der Waals surface area contributed by atoms with Crippen molar-refractivity contribution in [3.05, 3.63) is 187 Å². The molecule has 2 aliphatic carbocycles. The minimum absolute atomic E-state index is 0.114. The summed E-state index contributed by atoms with van der Waals surface area (Å²) in [6, 6.07) is 56.3. The zero-order valence-electron chi connectivity index (χ0n) is 31.2. The van der Waals surface area contributed by atoms with E-state index in [1.165, 1.54) is 105 Å². The zero-order valence-corrected chi connectivity index (χ0v) is 31.2. The fourth-order valence-corrected chi connectivity index (χ4v) is 9.40. The van der Waals surface area contributed by atoms with E-state index >= 15 is 0 Å². The highest BCUT2D eigenvalue weighted by molar-refractivity contribution is 6.18. The summed E-state index contributed by atoms with van der Waals surface area (Å²) in [5.74, 6) is 0. The van der Waals surface area contributed by atoms with Crippen molar-refractivity contribution in [2.24, 2.45) is 0 Å². The van der Waals surface area contributed by atoms with Crippen LogP contribution in [0.5, 0.6) is 0 Å². The average molecular weight is 682 g/mol. The Kier molecular flexibility index (Phi) is 7.71. The molecule has 1 heterocycles. The standard InChI is InChI=1S/C49H37N.C3H6/c1-30-34-17-9-11-25-44(34)49(3,4)47(30)42-21-7-8-22-43(42)48-31(2)35-18-10-12-26-45(35)50(48)33-16-13-15-32(29-33)36-27-28-41-38-20-6-5-19-37(38)40-24-14-23-39(36)46(40)41;1-3-2/h5-29H,1-4H3;3H,1H2,2H3. The van der Waals surface area contributed by atoms with Gasteiger partial charge in [0.15, 0.2) is 0 Å². The van der Waals surface area contributed by atoms with E-state index < -0.39 is 0 Å². The van der Waals surface area contributed by atoms with Gasteiger partial charge in [-0.05, 0) is 117 Å². The minimum Gasteiger partial charge on any atom is -0.309 e.